The number of nitrogens with zero attached hydrogens (tertiary/aromatic N) is 4. The Balaban J connectivity index is 0.000000171. The number of ether oxygens (including phenoxy) is 1. The fraction of sp³-hybridized carbons (Fsp3) is 0.243. The van der Waals surface area contributed by atoms with Crippen LogP contribution in [0, 0.1) is 0 Å². The first-order chi connectivity index (χ1) is 23.5. The van der Waals surface area contributed by atoms with E-state index in [1.807, 2.05) is 28.8 Å². The monoisotopic (exact) mass is 672 g/mol. The molecule has 0 saturated heterocycles. The third-order valence-electron chi connectivity index (χ3n) is 8.64. The van der Waals surface area contributed by atoms with E-state index in [0.717, 1.165) is 31.7 Å². The van der Waals surface area contributed by atoms with E-state index in [1.54, 1.807) is 27.8 Å². The van der Waals surface area contributed by atoms with E-state index < -0.39 is 11.8 Å². The predicted molar refractivity (Wildman–Crippen MR) is 179 cm³/mol. The zero-order chi connectivity index (χ0) is 34.5. The van der Waals surface area contributed by atoms with E-state index in [2.05, 4.69) is 46.0 Å². The van der Waals surface area contributed by atoms with Gasteiger partial charge in [-0.1, -0.05) is 72.8 Å². The Morgan fingerprint density at radius 3 is 2.00 bits per heavy atom. The number of hydrogen-bond acceptors (Lipinski definition) is 7. The number of pyridine rings is 2. The number of hydrogen-bond donors (Lipinski definition) is 2. The van der Waals surface area contributed by atoms with Crippen LogP contribution in [0.25, 0.3) is 0 Å². The zero-order valence-electron chi connectivity index (χ0n) is 26.5. The number of aromatic nitrogens is 2. The molecule has 2 N–H and O–H groups in total. The number of para-hydroxylation sites is 2. The third-order valence-corrected chi connectivity index (χ3v) is 8.64. The number of benzene rings is 3. The van der Waals surface area contributed by atoms with Crippen LogP contribution in [-0.2, 0) is 32.6 Å². The minimum Gasteiger partial charge on any atom is -0.503 e. The molecule has 0 spiro atoms. The van der Waals surface area contributed by atoms with Gasteiger partial charge in [0.2, 0.25) is 10.9 Å². The summed E-state index contributed by atoms with van der Waals surface area (Å²) in [5.74, 6) is -0.804. The lowest BCUT2D eigenvalue weighted by Gasteiger charge is -2.38. The minimum absolute atomic E-state index is 0.0969. The summed E-state index contributed by atoms with van der Waals surface area (Å²) in [7, 11) is 0. The van der Waals surface area contributed by atoms with Crippen LogP contribution in [0.2, 0.25) is 0 Å². The van der Waals surface area contributed by atoms with Crippen molar-refractivity contribution in [3.63, 3.8) is 0 Å². The smallest absolute Gasteiger partial charge is 0.503 e. The maximum atomic E-state index is 12.5. The van der Waals surface area contributed by atoms with Gasteiger partial charge in [0.1, 0.15) is 0 Å². The molecule has 2 aromatic heterocycles. The van der Waals surface area contributed by atoms with E-state index in [4.69, 9.17) is 0 Å². The minimum atomic E-state index is -4.77. The molecule has 0 radical (unpaired) electrons. The molecule has 49 heavy (non-hydrogen) atoms. The second-order valence-electron chi connectivity index (χ2n) is 11.9. The first-order valence-electron chi connectivity index (χ1n) is 15.8. The third kappa shape index (κ3) is 8.15. The number of anilines is 1. The molecule has 1 atom stereocenters. The Morgan fingerprint density at radius 1 is 0.714 bits per heavy atom. The number of rotatable bonds is 6. The van der Waals surface area contributed by atoms with Crippen molar-refractivity contribution < 1.29 is 28.1 Å². The first kappa shape index (κ1) is 33.4. The number of fused-ring (bicyclic) bond motifs is 2. The van der Waals surface area contributed by atoms with E-state index in [1.165, 1.54) is 41.6 Å². The van der Waals surface area contributed by atoms with Crippen molar-refractivity contribution in [3.05, 3.63) is 152 Å². The Bertz CT molecular complexity index is 2020. The van der Waals surface area contributed by atoms with Crippen LogP contribution in [0.3, 0.4) is 0 Å². The highest BCUT2D eigenvalue weighted by atomic mass is 19.4. The van der Waals surface area contributed by atoms with Gasteiger partial charge in [-0.15, -0.1) is 13.2 Å². The van der Waals surface area contributed by atoms with Crippen LogP contribution in [0.15, 0.2) is 119 Å². The lowest BCUT2D eigenvalue weighted by molar-refractivity contribution is -0.274. The topological polar surface area (TPSA) is 100 Å². The summed E-state index contributed by atoms with van der Waals surface area (Å²) in [4.78, 5) is 27.7. The van der Waals surface area contributed by atoms with E-state index >= 15 is 0 Å². The fourth-order valence-corrected chi connectivity index (χ4v) is 6.30. The molecule has 2 aliphatic rings. The molecule has 5 aromatic rings. The molecule has 12 heteroatoms. The van der Waals surface area contributed by atoms with Gasteiger partial charge in [-0.05, 0) is 29.7 Å². The maximum Gasteiger partial charge on any atom is 0.573 e. The van der Waals surface area contributed by atoms with E-state index in [-0.39, 0.29) is 35.3 Å². The predicted octanol–water partition coefficient (Wildman–Crippen LogP) is 5.83. The largest absolute Gasteiger partial charge is 0.573 e. The van der Waals surface area contributed by atoms with Gasteiger partial charge in [-0.2, -0.15) is 0 Å². The molecular weight excluding hydrogens is 637 g/mol. The van der Waals surface area contributed by atoms with Crippen LogP contribution >= 0.6 is 0 Å². The van der Waals surface area contributed by atoms with Crippen molar-refractivity contribution >= 4 is 5.69 Å². The van der Waals surface area contributed by atoms with Gasteiger partial charge in [0.25, 0.3) is 0 Å². The molecule has 2 aliphatic heterocycles. The highest BCUT2D eigenvalue weighted by Gasteiger charge is 2.33. The van der Waals surface area contributed by atoms with Crippen LogP contribution in [0.5, 0.6) is 17.2 Å². The quantitative estimate of drug-likeness (QED) is 0.234. The standard InChI is InChI=1S/C22H22N2O2.C15H13F3N2O3/c25-21-14-20-19(13-17-7-3-1-4-8-17)23(11-12-24(20)16-22(21)26)15-18-9-5-2-6-10-18;16-15(17,18)23-14-4-2-1-3-11(14)20-6-5-19-9-13(22)12(21)7-10(19)8-20/h1-10,14,16,19,26H,11-13,15H2;1-4,7,9,22H,5-6,8H2. The van der Waals surface area contributed by atoms with Crippen molar-refractivity contribution in [1.29, 1.82) is 0 Å². The summed E-state index contributed by atoms with van der Waals surface area (Å²) < 4.78 is 45.3. The van der Waals surface area contributed by atoms with Crippen LogP contribution in [-0.4, -0.2) is 43.7 Å². The molecule has 254 valence electrons. The number of alkyl halides is 3. The first-order valence-corrected chi connectivity index (χ1v) is 15.8. The summed E-state index contributed by atoms with van der Waals surface area (Å²) >= 11 is 0. The van der Waals surface area contributed by atoms with Crippen molar-refractivity contribution in [1.82, 2.24) is 14.0 Å². The molecule has 9 nitrogen and oxygen atoms in total. The van der Waals surface area contributed by atoms with Crippen LogP contribution in [0.1, 0.15) is 28.6 Å². The Labute approximate surface area is 280 Å². The lowest BCUT2D eigenvalue weighted by Crippen LogP contribution is -2.40. The fourth-order valence-electron chi connectivity index (χ4n) is 6.30. The number of aromatic hydroxyl groups is 2. The molecule has 1 unspecified atom stereocenters. The van der Waals surface area contributed by atoms with Crippen molar-refractivity contribution in [2.45, 2.75) is 45.0 Å². The van der Waals surface area contributed by atoms with Crippen molar-refractivity contribution in [2.75, 3.05) is 18.0 Å². The van der Waals surface area contributed by atoms with Gasteiger partial charge in [-0.3, -0.25) is 14.5 Å². The van der Waals surface area contributed by atoms with Gasteiger partial charge in [-0.25, -0.2) is 0 Å². The van der Waals surface area contributed by atoms with Gasteiger partial charge in [0.05, 0.1) is 30.7 Å². The van der Waals surface area contributed by atoms with E-state index in [9.17, 15) is 33.0 Å². The second kappa shape index (κ2) is 14.3. The second-order valence-corrected chi connectivity index (χ2v) is 11.9. The SMILES string of the molecule is O=c1cc2n(cc1O)CCN(Cc1ccccc1)C2Cc1ccccc1.O=c1cc2n(cc1O)CCN(c1ccccc1OC(F)(F)F)C2. The zero-order valence-corrected chi connectivity index (χ0v) is 26.5. The molecule has 0 amide bonds. The summed E-state index contributed by atoms with van der Waals surface area (Å²) in [6, 6.07) is 29.6. The normalized spacial score (nSPS) is 15.8. The van der Waals surface area contributed by atoms with Crippen LogP contribution in [0.4, 0.5) is 18.9 Å². The van der Waals surface area contributed by atoms with Crippen LogP contribution < -0.4 is 20.5 Å². The summed E-state index contributed by atoms with van der Waals surface area (Å²) in [6.07, 6.45) is -1.02. The molecule has 0 aliphatic carbocycles. The van der Waals surface area contributed by atoms with Gasteiger partial charge in [0.15, 0.2) is 17.2 Å². The summed E-state index contributed by atoms with van der Waals surface area (Å²) in [5, 5.41) is 19.2. The Hall–Kier alpha value is -5.49. The van der Waals surface area contributed by atoms with Crippen molar-refractivity contribution in [2.24, 2.45) is 0 Å². The highest BCUT2D eigenvalue weighted by molar-refractivity contribution is 5.59. The molecule has 7 rings (SSSR count). The molecule has 0 saturated carbocycles. The van der Waals surface area contributed by atoms with Gasteiger partial charge < -0.3 is 29.0 Å². The molecule has 0 bridgehead atoms. The van der Waals surface area contributed by atoms with E-state index in [0.29, 0.717) is 24.5 Å². The lowest BCUT2D eigenvalue weighted by atomic mass is 9.98. The molecule has 0 fully saturated rings. The molecule has 4 heterocycles. The molecular formula is C37H35F3N4O5. The van der Waals surface area contributed by atoms with Crippen molar-refractivity contribution in [3.8, 4) is 17.2 Å². The Morgan fingerprint density at radius 2 is 1.31 bits per heavy atom. The summed E-state index contributed by atoms with van der Waals surface area (Å²) in [6.45, 7) is 3.58. The van der Waals surface area contributed by atoms with Gasteiger partial charge >= 0.3 is 6.36 Å². The highest BCUT2D eigenvalue weighted by Crippen LogP contribution is 2.35. The maximum absolute atomic E-state index is 12.5. The average molecular weight is 673 g/mol. The molecule has 3 aromatic carbocycles. The summed E-state index contributed by atoms with van der Waals surface area (Å²) in [5.41, 5.74) is 3.56. The Kier molecular flexibility index (Phi) is 9.77. The average Bonchev–Trinajstić information content (AvgIpc) is 3.08. The number of halogens is 3. The van der Waals surface area contributed by atoms with Gasteiger partial charge in [0, 0.05) is 56.2 Å².